The highest BCUT2D eigenvalue weighted by Crippen LogP contribution is 2.20. The van der Waals surface area contributed by atoms with Gasteiger partial charge in [0.25, 0.3) is 0 Å². The average Bonchev–Trinajstić information content (AvgIpc) is 2.30. The first-order valence-corrected chi connectivity index (χ1v) is 5.22. The zero-order chi connectivity index (χ0) is 11.4. The summed E-state index contributed by atoms with van der Waals surface area (Å²) < 4.78 is 13.0. The van der Waals surface area contributed by atoms with E-state index in [2.05, 4.69) is 0 Å². The minimum Gasteiger partial charge on any atom is -0.236 e. The van der Waals surface area contributed by atoms with Gasteiger partial charge in [-0.1, -0.05) is 36.4 Å². The van der Waals surface area contributed by atoms with Crippen LogP contribution >= 0.6 is 0 Å². The Morgan fingerprint density at radius 3 is 2.31 bits per heavy atom. The Morgan fingerprint density at radius 1 is 0.938 bits per heavy atom. The molecule has 0 aliphatic rings. The molecule has 0 bridgehead atoms. The second-order valence-electron chi connectivity index (χ2n) is 3.66. The maximum Gasteiger partial charge on any atom is 0.123 e. The molecule has 0 aliphatic heterocycles. The SMILES string of the molecule is [O]CCc1ccc(-c2cccc(F)c2)cc1. The van der Waals surface area contributed by atoms with Crippen LogP contribution in [0.4, 0.5) is 4.39 Å². The molecule has 0 heterocycles. The first-order valence-electron chi connectivity index (χ1n) is 5.22. The molecule has 0 unspecified atom stereocenters. The Hall–Kier alpha value is -1.67. The van der Waals surface area contributed by atoms with Crippen LogP contribution < -0.4 is 0 Å². The van der Waals surface area contributed by atoms with Crippen LogP contribution in [0.2, 0.25) is 0 Å². The van der Waals surface area contributed by atoms with Gasteiger partial charge in [0.15, 0.2) is 0 Å². The van der Waals surface area contributed by atoms with Gasteiger partial charge in [-0.25, -0.2) is 9.50 Å². The second kappa shape index (κ2) is 4.90. The van der Waals surface area contributed by atoms with Crippen LogP contribution in [0.1, 0.15) is 5.56 Å². The van der Waals surface area contributed by atoms with Gasteiger partial charge in [-0.3, -0.25) is 0 Å². The summed E-state index contributed by atoms with van der Waals surface area (Å²) in [6.07, 6.45) is 0.545. The van der Waals surface area contributed by atoms with Gasteiger partial charge in [-0.2, -0.15) is 0 Å². The summed E-state index contributed by atoms with van der Waals surface area (Å²) in [4.78, 5) is 0. The van der Waals surface area contributed by atoms with Gasteiger partial charge in [0, 0.05) is 0 Å². The predicted molar refractivity (Wildman–Crippen MR) is 61.1 cm³/mol. The highest BCUT2D eigenvalue weighted by Gasteiger charge is 1.99. The van der Waals surface area contributed by atoms with E-state index in [1.165, 1.54) is 12.1 Å². The van der Waals surface area contributed by atoms with Crippen molar-refractivity contribution in [1.29, 1.82) is 0 Å². The third kappa shape index (κ3) is 2.47. The summed E-state index contributed by atoms with van der Waals surface area (Å²) in [5.74, 6) is -0.235. The highest BCUT2D eigenvalue weighted by molar-refractivity contribution is 5.63. The fraction of sp³-hybridized carbons (Fsp3) is 0.143. The lowest BCUT2D eigenvalue weighted by molar-refractivity contribution is 0.197. The van der Waals surface area contributed by atoms with E-state index in [1.54, 1.807) is 6.07 Å². The van der Waals surface area contributed by atoms with Gasteiger partial charge in [-0.15, -0.1) is 0 Å². The molecule has 1 nitrogen and oxygen atoms in total. The van der Waals surface area contributed by atoms with E-state index in [4.69, 9.17) is 0 Å². The lowest BCUT2D eigenvalue weighted by atomic mass is 10.0. The Bertz CT molecular complexity index is 462. The van der Waals surface area contributed by atoms with E-state index in [-0.39, 0.29) is 12.4 Å². The molecule has 2 aromatic carbocycles. The largest absolute Gasteiger partial charge is 0.236 e. The monoisotopic (exact) mass is 215 g/mol. The maximum absolute atomic E-state index is 13.0. The maximum atomic E-state index is 13.0. The summed E-state index contributed by atoms with van der Waals surface area (Å²) in [5, 5.41) is 10.4. The molecule has 0 spiro atoms. The van der Waals surface area contributed by atoms with Crippen molar-refractivity contribution < 1.29 is 9.50 Å². The van der Waals surface area contributed by atoms with Crippen molar-refractivity contribution in [3.63, 3.8) is 0 Å². The first-order chi connectivity index (χ1) is 7.79. The molecule has 0 N–H and O–H groups in total. The van der Waals surface area contributed by atoms with Gasteiger partial charge >= 0.3 is 0 Å². The molecule has 0 saturated heterocycles. The lowest BCUT2D eigenvalue weighted by Gasteiger charge is -2.03. The summed E-state index contributed by atoms with van der Waals surface area (Å²) in [6.45, 7) is -0.0979. The van der Waals surface area contributed by atoms with Crippen LogP contribution in [0.5, 0.6) is 0 Å². The van der Waals surface area contributed by atoms with Crippen molar-refractivity contribution in [2.24, 2.45) is 0 Å². The van der Waals surface area contributed by atoms with Crippen molar-refractivity contribution in [2.45, 2.75) is 6.42 Å². The summed E-state index contributed by atoms with van der Waals surface area (Å²) >= 11 is 0. The summed E-state index contributed by atoms with van der Waals surface area (Å²) in [7, 11) is 0. The van der Waals surface area contributed by atoms with E-state index in [0.717, 1.165) is 16.7 Å². The molecule has 81 valence electrons. The Labute approximate surface area is 94.2 Å². The van der Waals surface area contributed by atoms with Crippen molar-refractivity contribution >= 4 is 0 Å². The minimum absolute atomic E-state index is 0.0979. The van der Waals surface area contributed by atoms with Crippen molar-refractivity contribution in [2.75, 3.05) is 6.61 Å². The molecule has 2 rings (SSSR count). The lowest BCUT2D eigenvalue weighted by Crippen LogP contribution is -1.88. The zero-order valence-electron chi connectivity index (χ0n) is 8.82. The molecule has 16 heavy (non-hydrogen) atoms. The van der Waals surface area contributed by atoms with Crippen molar-refractivity contribution in [3.05, 3.63) is 59.9 Å². The fourth-order valence-corrected chi connectivity index (χ4v) is 1.65. The molecule has 0 atom stereocenters. The normalized spacial score (nSPS) is 10.4. The van der Waals surface area contributed by atoms with E-state index >= 15 is 0 Å². The molecule has 0 aromatic heterocycles. The third-order valence-corrected chi connectivity index (χ3v) is 2.50. The summed E-state index contributed by atoms with van der Waals surface area (Å²) in [6, 6.07) is 14.1. The number of rotatable bonds is 3. The molecule has 2 aromatic rings. The van der Waals surface area contributed by atoms with Crippen molar-refractivity contribution in [3.8, 4) is 11.1 Å². The number of hydrogen-bond acceptors (Lipinski definition) is 0. The van der Waals surface area contributed by atoms with Gasteiger partial charge in [-0.05, 0) is 35.2 Å². The molecule has 2 heteroatoms. The highest BCUT2D eigenvalue weighted by atomic mass is 19.1. The van der Waals surface area contributed by atoms with E-state index < -0.39 is 0 Å². The van der Waals surface area contributed by atoms with Crippen LogP contribution in [0, 0.1) is 5.82 Å². The second-order valence-corrected chi connectivity index (χ2v) is 3.66. The van der Waals surface area contributed by atoms with Gasteiger partial charge in [0.1, 0.15) is 5.82 Å². The third-order valence-electron chi connectivity index (χ3n) is 2.50. The molecule has 0 aliphatic carbocycles. The van der Waals surface area contributed by atoms with Crippen LogP contribution in [0.3, 0.4) is 0 Å². The van der Waals surface area contributed by atoms with Gasteiger partial charge in [0.05, 0.1) is 6.61 Å². The predicted octanol–water partition coefficient (Wildman–Crippen LogP) is 3.47. The van der Waals surface area contributed by atoms with Gasteiger partial charge in [0.2, 0.25) is 0 Å². The quantitative estimate of drug-likeness (QED) is 0.747. The Kier molecular flexibility index (Phi) is 3.32. The smallest absolute Gasteiger partial charge is 0.123 e. The Morgan fingerprint density at radius 2 is 1.69 bits per heavy atom. The molecular weight excluding hydrogens is 203 g/mol. The minimum atomic E-state index is -0.235. The topological polar surface area (TPSA) is 19.9 Å². The van der Waals surface area contributed by atoms with Crippen molar-refractivity contribution in [1.82, 2.24) is 0 Å². The number of benzene rings is 2. The molecule has 0 saturated carbocycles. The van der Waals surface area contributed by atoms with Crippen LogP contribution in [0.25, 0.3) is 11.1 Å². The fourth-order valence-electron chi connectivity index (χ4n) is 1.65. The van der Waals surface area contributed by atoms with Crippen LogP contribution in [-0.4, -0.2) is 6.61 Å². The average molecular weight is 215 g/mol. The Balaban J connectivity index is 2.27. The molecule has 1 radical (unpaired) electrons. The molecule has 0 fully saturated rings. The van der Waals surface area contributed by atoms with E-state index in [1.807, 2.05) is 30.3 Å². The van der Waals surface area contributed by atoms with Crippen LogP contribution in [0.15, 0.2) is 48.5 Å². The zero-order valence-corrected chi connectivity index (χ0v) is 8.82. The number of hydrogen-bond donors (Lipinski definition) is 0. The summed E-state index contributed by atoms with van der Waals surface area (Å²) in [5.41, 5.74) is 2.85. The first kappa shape index (κ1) is 10.8. The van der Waals surface area contributed by atoms with E-state index in [9.17, 15) is 9.50 Å². The number of halogens is 1. The van der Waals surface area contributed by atoms with Gasteiger partial charge < -0.3 is 0 Å². The standard InChI is InChI=1S/C14H12FO/c15-14-3-1-2-13(10-14)12-6-4-11(5-7-12)8-9-16/h1-7,10H,8-9H2. The van der Waals surface area contributed by atoms with E-state index in [0.29, 0.717) is 6.42 Å². The molecule has 0 amide bonds. The molecular formula is C14H12FO. The van der Waals surface area contributed by atoms with Crippen LogP contribution in [-0.2, 0) is 11.5 Å².